The Kier molecular flexibility index (Phi) is 25.7. The minimum Gasteiger partial charge on any atom is -0.494 e. The van der Waals surface area contributed by atoms with E-state index in [9.17, 15) is 52.7 Å². The van der Waals surface area contributed by atoms with Crippen molar-refractivity contribution in [2.45, 2.75) is 143 Å². The molecule has 2 rings (SSSR count). The number of rotatable bonds is 20. The van der Waals surface area contributed by atoms with Crippen molar-refractivity contribution in [2.24, 2.45) is 34.5 Å². The predicted octanol–water partition coefficient (Wildman–Crippen LogP) is -1.31. The van der Waals surface area contributed by atoms with E-state index in [-0.39, 0.29) is 43.1 Å². The Balaban J connectivity index is 2.64. The van der Waals surface area contributed by atoms with Gasteiger partial charge in [0.1, 0.15) is 48.0 Å². The molecule has 1 aromatic rings. The van der Waals surface area contributed by atoms with Crippen LogP contribution in [0.4, 0.5) is 0 Å². The second-order valence-corrected chi connectivity index (χ2v) is 21.3. The highest BCUT2D eigenvalue weighted by Crippen LogP contribution is 2.25. The van der Waals surface area contributed by atoms with Crippen LogP contribution in [0.3, 0.4) is 0 Å². The van der Waals surface area contributed by atoms with Gasteiger partial charge in [-0.2, -0.15) is 0 Å². The lowest BCUT2D eigenvalue weighted by Gasteiger charge is -2.33. The van der Waals surface area contributed by atoms with Crippen LogP contribution in [0, 0.1) is 17.3 Å². The smallest absolute Gasteiger partial charge is 0.244 e. The number of ether oxygens (including phenoxy) is 1. The molecule has 396 valence electrons. The highest BCUT2D eigenvalue weighted by molar-refractivity contribution is 8.76. The van der Waals surface area contributed by atoms with Crippen molar-refractivity contribution < 1.29 is 57.5 Å². The van der Waals surface area contributed by atoms with Crippen molar-refractivity contribution in [1.82, 2.24) is 42.5 Å². The van der Waals surface area contributed by atoms with Gasteiger partial charge in [-0.15, -0.1) is 0 Å². The van der Waals surface area contributed by atoms with E-state index in [0.29, 0.717) is 24.3 Å². The van der Waals surface area contributed by atoms with Crippen LogP contribution in [0.2, 0.25) is 0 Å². The van der Waals surface area contributed by atoms with Gasteiger partial charge in [0, 0.05) is 30.8 Å². The summed E-state index contributed by atoms with van der Waals surface area (Å²) in [5.41, 5.74) is 15.8. The standard InChI is InChI=1S/C46H73N11O12S2/c1-9-25(5)37-44(67)52-28(15-16-33(47)58)40(63)53-31(21-34(48)59)41(64)55-32(43(66)57-38(46(6,7)8)45(68)54-29(19-24(3)4)39(62)50-22-35(49)60)23-71-70-18-17-36(61)51-30(42(65)56-37)20-26-11-13-27(14-12-26)69-10-2/h11-14,24-25,28-32,37-38H,9-10,15-23H2,1-8H3,(H2,47,58)(H2,48,59)(H2,49,60)(H,50,62)(H,51,61)(H,52,67)(H,53,63)(H,54,68)(H,55,64)(H,56,65)(H,57,66)/t25-,28-,29-,30-,31-,32-,37-,38+/m0/s1. The Labute approximate surface area is 422 Å². The minimum absolute atomic E-state index is 0.0105. The van der Waals surface area contributed by atoms with Crippen LogP contribution in [-0.4, -0.2) is 132 Å². The summed E-state index contributed by atoms with van der Waals surface area (Å²) in [5, 5.41) is 20.7. The van der Waals surface area contributed by atoms with E-state index in [0.717, 1.165) is 21.6 Å². The highest BCUT2D eigenvalue weighted by atomic mass is 33.1. The fourth-order valence-corrected chi connectivity index (χ4v) is 9.15. The predicted molar refractivity (Wildman–Crippen MR) is 267 cm³/mol. The van der Waals surface area contributed by atoms with E-state index in [4.69, 9.17) is 21.9 Å². The van der Waals surface area contributed by atoms with Gasteiger partial charge in [0.15, 0.2) is 0 Å². The molecule has 1 saturated heterocycles. The summed E-state index contributed by atoms with van der Waals surface area (Å²) in [4.78, 5) is 147. The maximum absolute atomic E-state index is 14.3. The minimum atomic E-state index is -1.75. The molecule has 0 spiro atoms. The molecule has 23 nitrogen and oxygen atoms in total. The Hall–Kier alpha value is -6.11. The molecule has 1 fully saturated rings. The van der Waals surface area contributed by atoms with Crippen LogP contribution < -0.4 is 64.5 Å². The third-order valence-electron chi connectivity index (χ3n) is 11.0. The number of hydrogen-bond acceptors (Lipinski definition) is 14. The first-order valence-corrected chi connectivity index (χ1v) is 25.9. The largest absolute Gasteiger partial charge is 0.494 e. The molecule has 0 saturated carbocycles. The van der Waals surface area contributed by atoms with Crippen LogP contribution in [-0.2, 0) is 59.2 Å². The average Bonchev–Trinajstić information content (AvgIpc) is 3.28. The third-order valence-corrected chi connectivity index (χ3v) is 13.4. The topological polar surface area (TPSA) is 371 Å². The molecule has 0 bridgehead atoms. The summed E-state index contributed by atoms with van der Waals surface area (Å²) in [6.45, 7) is 13.8. The van der Waals surface area contributed by atoms with Crippen molar-refractivity contribution in [3.63, 3.8) is 0 Å². The van der Waals surface area contributed by atoms with Crippen LogP contribution in [0.5, 0.6) is 5.75 Å². The van der Waals surface area contributed by atoms with Gasteiger partial charge in [-0.25, -0.2) is 0 Å². The maximum atomic E-state index is 14.3. The summed E-state index contributed by atoms with van der Waals surface area (Å²) in [6, 6.07) is -2.84. The van der Waals surface area contributed by atoms with E-state index in [1.165, 1.54) is 0 Å². The Morgan fingerprint density at radius 2 is 1.37 bits per heavy atom. The Morgan fingerprint density at radius 3 is 1.93 bits per heavy atom. The van der Waals surface area contributed by atoms with E-state index >= 15 is 0 Å². The molecule has 0 aliphatic carbocycles. The molecule has 0 unspecified atom stereocenters. The molecule has 14 N–H and O–H groups in total. The number of amides is 11. The molecule has 0 aromatic heterocycles. The number of nitrogens with two attached hydrogens (primary N) is 3. The molecule has 71 heavy (non-hydrogen) atoms. The monoisotopic (exact) mass is 1040 g/mol. The number of primary amides is 3. The van der Waals surface area contributed by atoms with Gasteiger partial charge in [-0.1, -0.05) is 88.6 Å². The second-order valence-electron chi connectivity index (χ2n) is 18.7. The van der Waals surface area contributed by atoms with Crippen molar-refractivity contribution in [3.05, 3.63) is 29.8 Å². The summed E-state index contributed by atoms with van der Waals surface area (Å²) < 4.78 is 5.54. The lowest BCUT2D eigenvalue weighted by atomic mass is 9.85. The van der Waals surface area contributed by atoms with Gasteiger partial charge in [-0.05, 0) is 54.7 Å². The zero-order chi connectivity index (χ0) is 53.6. The Morgan fingerprint density at radius 1 is 0.746 bits per heavy atom. The maximum Gasteiger partial charge on any atom is 0.244 e. The van der Waals surface area contributed by atoms with Crippen LogP contribution >= 0.6 is 21.6 Å². The van der Waals surface area contributed by atoms with Gasteiger partial charge in [0.2, 0.25) is 65.0 Å². The molecule has 1 heterocycles. The lowest BCUT2D eigenvalue weighted by molar-refractivity contribution is -0.137. The van der Waals surface area contributed by atoms with Gasteiger partial charge >= 0.3 is 0 Å². The summed E-state index contributed by atoms with van der Waals surface area (Å²) in [5.74, 6) is -9.35. The van der Waals surface area contributed by atoms with E-state index < -0.39 is 138 Å². The van der Waals surface area contributed by atoms with Crippen molar-refractivity contribution >= 4 is 86.6 Å². The third kappa shape index (κ3) is 22.2. The second kappa shape index (κ2) is 29.9. The summed E-state index contributed by atoms with van der Waals surface area (Å²) in [7, 11) is 2.21. The number of carbonyl (C=O) groups is 11. The van der Waals surface area contributed by atoms with Crippen molar-refractivity contribution in [1.29, 1.82) is 0 Å². The van der Waals surface area contributed by atoms with E-state index in [1.54, 1.807) is 58.9 Å². The summed E-state index contributed by atoms with van der Waals surface area (Å²) in [6.07, 6.45) is -1.17. The Bertz CT molecular complexity index is 2050. The van der Waals surface area contributed by atoms with Crippen LogP contribution in [0.1, 0.15) is 99.5 Å². The molecule has 25 heteroatoms. The molecule has 1 aliphatic rings. The quantitative estimate of drug-likeness (QED) is 0.0676. The fourth-order valence-electron chi connectivity index (χ4n) is 6.99. The highest BCUT2D eigenvalue weighted by Gasteiger charge is 2.39. The zero-order valence-electron chi connectivity index (χ0n) is 41.7. The van der Waals surface area contributed by atoms with Gasteiger partial charge in [-0.3, -0.25) is 52.7 Å². The molecule has 11 amide bonds. The SMILES string of the molecule is CCOc1ccc(C[C@@H]2NC(=O)CCSSC[C@@H](C(=O)N[C@H](C(=O)N[C@@H](CC(C)C)C(=O)NCC(N)=O)C(C)(C)C)NC(=O)[C@H](CC(N)=O)NC(=O)[C@H](CCC(N)=O)NC(=O)[C@H]([C@@H](C)CC)NC2=O)cc1. The number of benzene rings is 1. The van der Waals surface area contributed by atoms with Gasteiger partial charge in [0.05, 0.1) is 19.6 Å². The van der Waals surface area contributed by atoms with E-state index in [1.807, 2.05) is 20.8 Å². The molecule has 8 atom stereocenters. The number of hydrogen-bond donors (Lipinski definition) is 11. The van der Waals surface area contributed by atoms with Crippen LogP contribution in [0.25, 0.3) is 0 Å². The lowest BCUT2D eigenvalue weighted by Crippen LogP contribution is -2.62. The molecule has 1 aromatic carbocycles. The number of nitrogens with one attached hydrogen (secondary N) is 8. The fraction of sp³-hybridized carbons (Fsp3) is 0.630. The summed E-state index contributed by atoms with van der Waals surface area (Å²) >= 11 is 0. The molecular weight excluding hydrogens is 963 g/mol. The van der Waals surface area contributed by atoms with E-state index in [2.05, 4.69) is 42.5 Å². The normalized spacial score (nSPS) is 21.3. The van der Waals surface area contributed by atoms with Crippen molar-refractivity contribution in [3.8, 4) is 5.75 Å². The first-order valence-electron chi connectivity index (χ1n) is 23.5. The number of carbonyl (C=O) groups excluding carboxylic acids is 11. The zero-order valence-corrected chi connectivity index (χ0v) is 43.4. The molecular formula is C46H73N11O12S2. The first kappa shape index (κ1) is 61.0. The molecule has 1 aliphatic heterocycles. The van der Waals surface area contributed by atoms with Gasteiger partial charge < -0.3 is 64.5 Å². The molecule has 0 radical (unpaired) electrons. The first-order chi connectivity index (χ1) is 33.2. The van der Waals surface area contributed by atoms with Crippen LogP contribution in [0.15, 0.2) is 24.3 Å². The van der Waals surface area contributed by atoms with Crippen molar-refractivity contribution in [2.75, 3.05) is 24.7 Å². The average molecular weight is 1040 g/mol. The van der Waals surface area contributed by atoms with Gasteiger partial charge in [0.25, 0.3) is 0 Å².